The Morgan fingerprint density at radius 1 is 0.958 bits per heavy atom. The van der Waals surface area contributed by atoms with Crippen LogP contribution in [0.15, 0.2) is 17.5 Å². The van der Waals surface area contributed by atoms with E-state index in [0.29, 0.717) is 22.4 Å². The van der Waals surface area contributed by atoms with Crippen molar-refractivity contribution in [1.82, 2.24) is 4.98 Å². The fourth-order valence-corrected chi connectivity index (χ4v) is 3.58. The van der Waals surface area contributed by atoms with Crippen LogP contribution >= 0.6 is 11.3 Å². The van der Waals surface area contributed by atoms with E-state index in [2.05, 4.69) is 4.98 Å². The second kappa shape index (κ2) is 7.27. The molecule has 1 aliphatic rings. The third-order valence-electron chi connectivity index (χ3n) is 4.08. The first-order valence-electron chi connectivity index (χ1n) is 7.65. The van der Waals surface area contributed by atoms with Crippen LogP contribution in [0.4, 0.5) is 0 Å². The summed E-state index contributed by atoms with van der Waals surface area (Å²) in [5.41, 5.74) is 1.93. The Morgan fingerprint density at radius 2 is 1.62 bits per heavy atom. The van der Waals surface area contributed by atoms with E-state index in [1.54, 1.807) is 28.4 Å². The lowest BCUT2D eigenvalue weighted by atomic mass is 10.0. The van der Waals surface area contributed by atoms with Crippen LogP contribution in [0.2, 0.25) is 0 Å². The van der Waals surface area contributed by atoms with Gasteiger partial charge in [-0.15, -0.1) is 0 Å². The largest absolute Gasteiger partial charge is 0.493 e. The average Bonchev–Trinajstić information content (AvgIpc) is 3.29. The molecule has 3 rings (SSSR count). The summed E-state index contributed by atoms with van der Waals surface area (Å²) in [7, 11) is 6.44. The van der Waals surface area contributed by atoms with E-state index in [4.69, 9.17) is 23.7 Å². The van der Waals surface area contributed by atoms with Gasteiger partial charge >= 0.3 is 0 Å². The Morgan fingerprint density at radius 3 is 2.17 bits per heavy atom. The van der Waals surface area contributed by atoms with E-state index in [1.165, 1.54) is 11.3 Å². The number of benzene rings is 1. The normalized spacial score (nSPS) is 20.0. The number of rotatable bonds is 6. The average molecular weight is 351 g/mol. The quantitative estimate of drug-likeness (QED) is 0.789. The molecular weight excluding hydrogens is 330 g/mol. The van der Waals surface area contributed by atoms with Crippen molar-refractivity contribution in [2.75, 3.05) is 28.4 Å². The lowest BCUT2D eigenvalue weighted by molar-refractivity contribution is 0.0415. The monoisotopic (exact) mass is 351 g/mol. The van der Waals surface area contributed by atoms with Crippen molar-refractivity contribution < 1.29 is 23.7 Å². The molecule has 1 aromatic carbocycles. The molecule has 2 atom stereocenters. The molecule has 130 valence electrons. The molecule has 0 radical (unpaired) electrons. The van der Waals surface area contributed by atoms with Crippen molar-refractivity contribution in [2.24, 2.45) is 0 Å². The van der Waals surface area contributed by atoms with Gasteiger partial charge in [0.2, 0.25) is 5.75 Å². The summed E-state index contributed by atoms with van der Waals surface area (Å²) in [5.74, 6) is 1.85. The standard InChI is InChI=1S/C17H21NO5S/c1-19-14-7-10(8-15(20-2)16(14)21-3)12-5-6-13(23-12)11-9-24-17(18-11)22-4/h7-9,12-13H,5-6H2,1-4H3. The number of nitrogens with zero attached hydrogens (tertiary/aromatic N) is 1. The fourth-order valence-electron chi connectivity index (χ4n) is 2.90. The zero-order chi connectivity index (χ0) is 17.1. The number of thiazole rings is 1. The van der Waals surface area contributed by atoms with Crippen molar-refractivity contribution in [3.8, 4) is 22.4 Å². The summed E-state index contributed by atoms with van der Waals surface area (Å²) in [6, 6.07) is 3.88. The number of methoxy groups -OCH3 is 4. The number of hydrogen-bond donors (Lipinski definition) is 0. The summed E-state index contributed by atoms with van der Waals surface area (Å²) in [6.45, 7) is 0. The van der Waals surface area contributed by atoms with Gasteiger partial charge in [-0.3, -0.25) is 0 Å². The van der Waals surface area contributed by atoms with E-state index in [9.17, 15) is 0 Å². The Kier molecular flexibility index (Phi) is 5.11. The lowest BCUT2D eigenvalue weighted by Gasteiger charge is -2.17. The first-order chi connectivity index (χ1) is 11.7. The maximum atomic E-state index is 6.20. The lowest BCUT2D eigenvalue weighted by Crippen LogP contribution is -2.02. The summed E-state index contributed by atoms with van der Waals surface area (Å²) in [4.78, 5) is 4.44. The van der Waals surface area contributed by atoms with Crippen LogP contribution < -0.4 is 18.9 Å². The molecule has 1 fully saturated rings. The molecule has 2 aromatic rings. The molecule has 0 amide bonds. The molecule has 0 aliphatic carbocycles. The highest BCUT2D eigenvalue weighted by Crippen LogP contribution is 2.46. The van der Waals surface area contributed by atoms with E-state index in [0.717, 1.165) is 24.1 Å². The molecule has 0 saturated carbocycles. The third-order valence-corrected chi connectivity index (χ3v) is 4.90. The second-order valence-corrected chi connectivity index (χ2v) is 6.21. The van der Waals surface area contributed by atoms with E-state index in [1.807, 2.05) is 17.5 Å². The van der Waals surface area contributed by atoms with Crippen LogP contribution in [0, 0.1) is 0 Å². The predicted octanol–water partition coefficient (Wildman–Crippen LogP) is 3.77. The van der Waals surface area contributed by atoms with Crippen LogP contribution in [0.5, 0.6) is 22.4 Å². The van der Waals surface area contributed by atoms with Gasteiger partial charge in [0.15, 0.2) is 11.5 Å². The van der Waals surface area contributed by atoms with Crippen molar-refractivity contribution >= 4 is 11.3 Å². The second-order valence-electron chi connectivity index (χ2n) is 5.39. The first-order valence-corrected chi connectivity index (χ1v) is 8.52. The molecule has 0 N–H and O–H groups in total. The van der Waals surface area contributed by atoms with Gasteiger partial charge in [0, 0.05) is 5.38 Å². The highest BCUT2D eigenvalue weighted by molar-refractivity contribution is 7.11. The number of hydrogen-bond acceptors (Lipinski definition) is 7. The van der Waals surface area contributed by atoms with Gasteiger partial charge in [-0.05, 0) is 30.5 Å². The van der Waals surface area contributed by atoms with E-state index >= 15 is 0 Å². The number of ether oxygens (including phenoxy) is 5. The highest BCUT2D eigenvalue weighted by atomic mass is 32.1. The molecule has 0 bridgehead atoms. The minimum Gasteiger partial charge on any atom is -0.493 e. The Labute approximate surface area is 145 Å². The molecular formula is C17H21NO5S. The van der Waals surface area contributed by atoms with Crippen LogP contribution in [0.1, 0.15) is 36.3 Å². The molecule has 2 unspecified atom stereocenters. The maximum absolute atomic E-state index is 6.20. The molecule has 1 aromatic heterocycles. The summed E-state index contributed by atoms with van der Waals surface area (Å²) in [6.07, 6.45) is 1.77. The van der Waals surface area contributed by atoms with Gasteiger partial charge in [0.05, 0.1) is 40.2 Å². The molecule has 0 spiro atoms. The van der Waals surface area contributed by atoms with Crippen LogP contribution in [0.25, 0.3) is 0 Å². The van der Waals surface area contributed by atoms with Gasteiger partial charge in [-0.1, -0.05) is 11.3 Å². The zero-order valence-corrected chi connectivity index (χ0v) is 15.0. The van der Waals surface area contributed by atoms with Crippen molar-refractivity contribution in [3.05, 3.63) is 28.8 Å². The van der Waals surface area contributed by atoms with E-state index < -0.39 is 0 Å². The number of aromatic nitrogens is 1. The van der Waals surface area contributed by atoms with Crippen LogP contribution in [-0.4, -0.2) is 33.4 Å². The summed E-state index contributed by atoms with van der Waals surface area (Å²) >= 11 is 1.48. The SMILES string of the molecule is COc1nc(C2CCC(c3cc(OC)c(OC)c(OC)c3)O2)cs1. The van der Waals surface area contributed by atoms with Gasteiger partial charge in [-0.2, -0.15) is 0 Å². The van der Waals surface area contributed by atoms with Gasteiger partial charge in [0.25, 0.3) is 5.19 Å². The summed E-state index contributed by atoms with van der Waals surface area (Å²) in [5, 5.41) is 2.64. The Hall–Kier alpha value is -1.99. The van der Waals surface area contributed by atoms with Crippen molar-refractivity contribution in [2.45, 2.75) is 25.0 Å². The van der Waals surface area contributed by atoms with Gasteiger partial charge in [-0.25, -0.2) is 4.98 Å². The Balaban J connectivity index is 1.82. The molecule has 6 nitrogen and oxygen atoms in total. The minimum absolute atomic E-state index is 0.0192. The zero-order valence-electron chi connectivity index (χ0n) is 14.2. The predicted molar refractivity (Wildman–Crippen MR) is 90.6 cm³/mol. The van der Waals surface area contributed by atoms with Gasteiger partial charge < -0.3 is 23.7 Å². The van der Waals surface area contributed by atoms with Crippen molar-refractivity contribution in [3.63, 3.8) is 0 Å². The maximum Gasteiger partial charge on any atom is 0.273 e. The third kappa shape index (κ3) is 3.14. The highest BCUT2D eigenvalue weighted by Gasteiger charge is 2.31. The van der Waals surface area contributed by atoms with Crippen LogP contribution in [-0.2, 0) is 4.74 Å². The Bertz CT molecular complexity index is 677. The molecule has 7 heteroatoms. The molecule has 1 saturated heterocycles. The molecule has 24 heavy (non-hydrogen) atoms. The van der Waals surface area contributed by atoms with Gasteiger partial charge in [0.1, 0.15) is 6.10 Å². The first kappa shape index (κ1) is 16.9. The summed E-state index contributed by atoms with van der Waals surface area (Å²) < 4.78 is 27.6. The molecule has 2 heterocycles. The van der Waals surface area contributed by atoms with Crippen LogP contribution in [0.3, 0.4) is 0 Å². The smallest absolute Gasteiger partial charge is 0.273 e. The van der Waals surface area contributed by atoms with Crippen molar-refractivity contribution in [1.29, 1.82) is 0 Å². The minimum atomic E-state index is -0.0311. The topological polar surface area (TPSA) is 59.0 Å². The molecule has 1 aliphatic heterocycles. The fraction of sp³-hybridized carbons (Fsp3) is 0.471. The van der Waals surface area contributed by atoms with E-state index in [-0.39, 0.29) is 12.2 Å².